The first-order chi connectivity index (χ1) is 18.8. The number of benzene rings is 1. The van der Waals surface area contributed by atoms with Crippen LogP contribution in [0.15, 0.2) is 29.3 Å². The highest BCUT2D eigenvalue weighted by Gasteiger charge is 2.31. The van der Waals surface area contributed by atoms with Crippen molar-refractivity contribution in [1.82, 2.24) is 16.0 Å². The molecule has 1 aromatic carbocycles. The predicted octanol–water partition coefficient (Wildman–Crippen LogP) is -1.36. The molecule has 1 rings (SSSR count). The van der Waals surface area contributed by atoms with Crippen molar-refractivity contribution in [2.24, 2.45) is 33.8 Å². The van der Waals surface area contributed by atoms with Gasteiger partial charge in [-0.25, -0.2) is 4.79 Å². The Morgan fingerprint density at radius 3 is 2.02 bits per heavy atom. The molecule has 0 aliphatic carbocycles. The zero-order valence-electron chi connectivity index (χ0n) is 23.1. The van der Waals surface area contributed by atoms with Crippen LogP contribution in [0.5, 0.6) is 5.75 Å². The number of aliphatic imine (C=N–C) groups is 1. The van der Waals surface area contributed by atoms with Crippen molar-refractivity contribution in [2.75, 3.05) is 13.1 Å². The molecule has 3 amide bonds. The van der Waals surface area contributed by atoms with Gasteiger partial charge in [0.05, 0.1) is 6.04 Å². The largest absolute Gasteiger partial charge is 0.508 e. The van der Waals surface area contributed by atoms with Crippen molar-refractivity contribution in [1.29, 1.82) is 0 Å². The molecule has 4 atom stereocenters. The number of carboxylic acids is 1. The van der Waals surface area contributed by atoms with Gasteiger partial charge in [0.25, 0.3) is 0 Å². The van der Waals surface area contributed by atoms with Crippen LogP contribution in [-0.2, 0) is 25.6 Å². The fourth-order valence-electron chi connectivity index (χ4n) is 3.81. The summed E-state index contributed by atoms with van der Waals surface area (Å²) in [7, 11) is 0. The topological polar surface area (TPSA) is 261 Å². The minimum absolute atomic E-state index is 0.00998. The van der Waals surface area contributed by atoms with Gasteiger partial charge < -0.3 is 49.1 Å². The van der Waals surface area contributed by atoms with Gasteiger partial charge in [-0.05, 0) is 62.3 Å². The number of guanidine groups is 1. The highest BCUT2D eigenvalue weighted by Crippen LogP contribution is 2.13. The van der Waals surface area contributed by atoms with Gasteiger partial charge in [0.15, 0.2) is 5.96 Å². The molecule has 0 saturated carbocycles. The fraction of sp³-hybridized carbons (Fsp3) is 0.577. The standard InChI is InChI=1S/C26H44N8O6/c1-15(2)21(25(39)40)34-24(38)20(14-16-8-10-17(35)11-9-16)33-23(37)19(7-3-4-12-27)32-22(36)18(28)6-5-13-31-26(29)30/h8-11,15,18-21,35H,3-7,12-14,27-28H2,1-2H3,(H,32,36)(H,33,37)(H,34,38)(H,39,40)(H4,29,30,31). The summed E-state index contributed by atoms with van der Waals surface area (Å²) >= 11 is 0. The number of unbranched alkanes of at least 4 members (excludes halogenated alkanes) is 1. The number of nitrogens with zero attached hydrogens (tertiary/aromatic N) is 1. The highest BCUT2D eigenvalue weighted by atomic mass is 16.4. The van der Waals surface area contributed by atoms with Crippen LogP contribution < -0.4 is 38.9 Å². The van der Waals surface area contributed by atoms with Gasteiger partial charge in [-0.3, -0.25) is 19.4 Å². The molecule has 0 bridgehead atoms. The molecule has 1 aromatic rings. The summed E-state index contributed by atoms with van der Waals surface area (Å²) in [5.74, 6) is -3.55. The first-order valence-corrected chi connectivity index (χ1v) is 13.3. The quantitative estimate of drug-likeness (QED) is 0.0574. The van der Waals surface area contributed by atoms with E-state index in [1.54, 1.807) is 26.0 Å². The number of phenolic OH excluding ortho intramolecular Hbond substituents is 1. The normalized spacial score (nSPS) is 13.9. The monoisotopic (exact) mass is 564 g/mol. The number of amides is 3. The number of carbonyl (C=O) groups is 4. The van der Waals surface area contributed by atoms with E-state index in [0.29, 0.717) is 37.9 Å². The van der Waals surface area contributed by atoms with Gasteiger partial charge in [0.2, 0.25) is 17.7 Å². The number of phenols is 1. The van der Waals surface area contributed by atoms with Gasteiger partial charge in [-0.2, -0.15) is 0 Å². The molecule has 0 aliphatic heterocycles. The number of carbonyl (C=O) groups excluding carboxylic acids is 3. The van der Waals surface area contributed by atoms with Crippen molar-refractivity contribution in [3.05, 3.63) is 29.8 Å². The lowest BCUT2D eigenvalue weighted by molar-refractivity contribution is -0.143. The highest BCUT2D eigenvalue weighted by molar-refractivity contribution is 5.94. The van der Waals surface area contributed by atoms with Crippen LogP contribution in [0, 0.1) is 5.92 Å². The molecule has 224 valence electrons. The first-order valence-electron chi connectivity index (χ1n) is 13.3. The van der Waals surface area contributed by atoms with Gasteiger partial charge >= 0.3 is 5.97 Å². The van der Waals surface area contributed by atoms with Gasteiger partial charge in [0, 0.05) is 13.0 Å². The Hall–Kier alpha value is -3.91. The number of hydrogen-bond donors (Lipinski definition) is 9. The van der Waals surface area contributed by atoms with E-state index in [1.807, 2.05) is 0 Å². The van der Waals surface area contributed by atoms with Crippen molar-refractivity contribution in [3.8, 4) is 5.75 Å². The van der Waals surface area contributed by atoms with Gasteiger partial charge in [0.1, 0.15) is 23.9 Å². The number of nitrogens with two attached hydrogens (primary N) is 4. The second kappa shape index (κ2) is 17.6. The van der Waals surface area contributed by atoms with Crippen molar-refractivity contribution in [3.63, 3.8) is 0 Å². The van der Waals surface area contributed by atoms with E-state index < -0.39 is 53.8 Å². The van der Waals surface area contributed by atoms with E-state index >= 15 is 0 Å². The molecular formula is C26H44N8O6. The Balaban J connectivity index is 3.08. The SMILES string of the molecule is CC(C)C(NC(=O)C(Cc1ccc(O)cc1)NC(=O)C(CCCCN)NC(=O)C(N)CCCN=C(N)N)C(=O)O. The minimum Gasteiger partial charge on any atom is -0.508 e. The third kappa shape index (κ3) is 12.8. The molecule has 0 aromatic heterocycles. The fourth-order valence-corrected chi connectivity index (χ4v) is 3.81. The van der Waals surface area contributed by atoms with E-state index in [1.165, 1.54) is 12.1 Å². The molecule has 14 nitrogen and oxygen atoms in total. The van der Waals surface area contributed by atoms with Gasteiger partial charge in [-0.15, -0.1) is 0 Å². The van der Waals surface area contributed by atoms with Crippen molar-refractivity contribution < 1.29 is 29.4 Å². The molecule has 14 heteroatoms. The van der Waals surface area contributed by atoms with E-state index in [0.717, 1.165) is 0 Å². The molecule has 4 unspecified atom stereocenters. The molecule has 0 heterocycles. The summed E-state index contributed by atoms with van der Waals surface area (Å²) < 4.78 is 0. The molecule has 0 fully saturated rings. The van der Waals surface area contributed by atoms with E-state index in [-0.39, 0.29) is 31.0 Å². The second-order valence-corrected chi connectivity index (χ2v) is 9.90. The first kappa shape index (κ1) is 34.1. The summed E-state index contributed by atoms with van der Waals surface area (Å²) in [4.78, 5) is 54.8. The maximum atomic E-state index is 13.4. The molecule has 13 N–H and O–H groups in total. The lowest BCUT2D eigenvalue weighted by Crippen LogP contribution is -2.58. The lowest BCUT2D eigenvalue weighted by atomic mass is 10.0. The summed E-state index contributed by atoms with van der Waals surface area (Å²) in [6.45, 7) is 3.99. The third-order valence-corrected chi connectivity index (χ3v) is 6.12. The van der Waals surface area contributed by atoms with Crippen LogP contribution in [-0.4, -0.2) is 77.1 Å². The average molecular weight is 565 g/mol. The number of nitrogens with one attached hydrogen (secondary N) is 3. The second-order valence-electron chi connectivity index (χ2n) is 9.90. The molecular weight excluding hydrogens is 520 g/mol. The number of aromatic hydroxyl groups is 1. The van der Waals surface area contributed by atoms with E-state index in [4.69, 9.17) is 22.9 Å². The van der Waals surface area contributed by atoms with E-state index in [9.17, 15) is 29.4 Å². The van der Waals surface area contributed by atoms with Crippen LogP contribution in [0.1, 0.15) is 51.5 Å². The Bertz CT molecular complexity index is 997. The van der Waals surface area contributed by atoms with Crippen LogP contribution >= 0.6 is 0 Å². The van der Waals surface area contributed by atoms with Crippen LogP contribution in [0.4, 0.5) is 0 Å². The maximum Gasteiger partial charge on any atom is 0.326 e. The Labute approximate surface area is 234 Å². The predicted molar refractivity (Wildman–Crippen MR) is 151 cm³/mol. The summed E-state index contributed by atoms with van der Waals surface area (Å²) in [6, 6.07) is 1.76. The zero-order chi connectivity index (χ0) is 30.2. The minimum atomic E-state index is -1.21. The summed E-state index contributed by atoms with van der Waals surface area (Å²) in [5, 5.41) is 26.9. The zero-order valence-corrected chi connectivity index (χ0v) is 23.1. The molecule has 0 spiro atoms. The Morgan fingerprint density at radius 2 is 1.48 bits per heavy atom. The number of hydrogen-bond acceptors (Lipinski definition) is 8. The smallest absolute Gasteiger partial charge is 0.326 e. The number of aliphatic carboxylic acids is 1. The molecule has 0 aliphatic rings. The maximum absolute atomic E-state index is 13.4. The number of rotatable bonds is 18. The lowest BCUT2D eigenvalue weighted by Gasteiger charge is -2.26. The summed E-state index contributed by atoms with van der Waals surface area (Å²) in [6.07, 6.45) is 2.11. The van der Waals surface area contributed by atoms with Crippen LogP contribution in [0.3, 0.4) is 0 Å². The van der Waals surface area contributed by atoms with E-state index in [2.05, 4.69) is 20.9 Å². The van der Waals surface area contributed by atoms with Crippen molar-refractivity contribution >= 4 is 29.7 Å². The Morgan fingerprint density at radius 1 is 0.875 bits per heavy atom. The average Bonchev–Trinajstić information content (AvgIpc) is 2.89. The van der Waals surface area contributed by atoms with Crippen LogP contribution in [0.25, 0.3) is 0 Å². The third-order valence-electron chi connectivity index (χ3n) is 6.12. The van der Waals surface area contributed by atoms with Crippen LogP contribution in [0.2, 0.25) is 0 Å². The van der Waals surface area contributed by atoms with Crippen molar-refractivity contribution in [2.45, 2.75) is 76.5 Å². The summed E-state index contributed by atoms with van der Waals surface area (Å²) in [5.41, 5.74) is 22.8. The van der Waals surface area contributed by atoms with Gasteiger partial charge in [-0.1, -0.05) is 26.0 Å². The molecule has 40 heavy (non-hydrogen) atoms. The Kier molecular flexibility index (Phi) is 15.0. The molecule has 0 radical (unpaired) electrons. The molecule has 0 saturated heterocycles. The number of carboxylic acid groups (broad SMARTS) is 1.